The molecule has 1 N–H and O–H groups in total. The molecule has 0 spiro atoms. The number of nitro benzene ring substituents is 1. The number of rotatable bonds is 6. The summed E-state index contributed by atoms with van der Waals surface area (Å²) in [6, 6.07) is 6.03. The molecule has 0 aliphatic heterocycles. The van der Waals surface area contributed by atoms with E-state index in [1.54, 1.807) is 6.92 Å². The second-order valence-corrected chi connectivity index (χ2v) is 6.95. The van der Waals surface area contributed by atoms with Gasteiger partial charge in [0.15, 0.2) is 40.4 Å². The first-order valence-corrected chi connectivity index (χ1v) is 9.73. The molecule has 0 saturated heterocycles. The summed E-state index contributed by atoms with van der Waals surface area (Å²) in [4.78, 5) is 18.3. The largest absolute Gasteiger partial charge is 0.504 e. The summed E-state index contributed by atoms with van der Waals surface area (Å²) in [7, 11) is 0. The van der Waals surface area contributed by atoms with Gasteiger partial charge in [-0.25, -0.2) is 26.9 Å². The normalized spacial score (nSPS) is 11.5. The molecule has 0 radical (unpaired) electrons. The van der Waals surface area contributed by atoms with Crippen LogP contribution in [0, 0.1) is 39.2 Å². The van der Waals surface area contributed by atoms with Crippen LogP contribution in [0.4, 0.5) is 33.3 Å². The van der Waals surface area contributed by atoms with E-state index in [2.05, 4.69) is 9.98 Å². The van der Waals surface area contributed by atoms with Crippen LogP contribution in [0.25, 0.3) is 22.6 Å². The van der Waals surface area contributed by atoms with E-state index >= 15 is 0 Å². The fourth-order valence-electron chi connectivity index (χ4n) is 3.12. The molecular formula is C22H12F5N3O5. The van der Waals surface area contributed by atoms with Crippen molar-refractivity contribution in [3.05, 3.63) is 75.1 Å². The lowest BCUT2D eigenvalue weighted by Gasteiger charge is -2.07. The van der Waals surface area contributed by atoms with Gasteiger partial charge in [-0.05, 0) is 25.1 Å². The molecule has 35 heavy (non-hydrogen) atoms. The number of hydrogen-bond donors (Lipinski definition) is 1. The highest BCUT2D eigenvalue weighted by molar-refractivity contribution is 5.89. The molecule has 180 valence electrons. The zero-order valence-corrected chi connectivity index (χ0v) is 17.5. The van der Waals surface area contributed by atoms with E-state index in [9.17, 15) is 37.2 Å². The zero-order chi connectivity index (χ0) is 25.4. The predicted octanol–water partition coefficient (Wildman–Crippen LogP) is 5.95. The van der Waals surface area contributed by atoms with Gasteiger partial charge in [-0.3, -0.25) is 15.1 Å². The van der Waals surface area contributed by atoms with E-state index in [0.717, 1.165) is 18.3 Å². The molecule has 0 unspecified atom stereocenters. The Labute approximate surface area is 192 Å². The minimum absolute atomic E-state index is 0.0307. The summed E-state index contributed by atoms with van der Waals surface area (Å²) < 4.78 is 78.9. The third kappa shape index (κ3) is 4.23. The maximum atomic E-state index is 14.1. The van der Waals surface area contributed by atoms with Crippen LogP contribution in [0.2, 0.25) is 0 Å². The Kier molecular flexibility index (Phi) is 6.07. The fourth-order valence-corrected chi connectivity index (χ4v) is 3.12. The summed E-state index contributed by atoms with van der Waals surface area (Å²) in [6.45, 7) is 1.76. The molecule has 3 aromatic carbocycles. The lowest BCUT2D eigenvalue weighted by atomic mass is 10.1. The van der Waals surface area contributed by atoms with E-state index in [1.807, 2.05) is 0 Å². The standard InChI is InChI=1S/C22H12F5N3O5/c1-2-34-14-7-11(30(32)33)5-9(21(14)31)8-28-10-3-4-13-12(6-10)29-22(35-13)15-16(23)18(25)20(27)19(26)17(15)24/h3-8,31H,2H2,1H3. The number of aromatic hydroxyl groups is 1. The highest BCUT2D eigenvalue weighted by Crippen LogP contribution is 2.35. The van der Waals surface area contributed by atoms with E-state index < -0.39 is 51.2 Å². The molecule has 0 amide bonds. The molecule has 1 aromatic heterocycles. The minimum atomic E-state index is -2.31. The van der Waals surface area contributed by atoms with Gasteiger partial charge in [0.25, 0.3) is 5.69 Å². The van der Waals surface area contributed by atoms with Gasteiger partial charge in [0.1, 0.15) is 11.1 Å². The monoisotopic (exact) mass is 493 g/mol. The molecule has 0 bridgehead atoms. The minimum Gasteiger partial charge on any atom is -0.504 e. The lowest BCUT2D eigenvalue weighted by molar-refractivity contribution is -0.385. The Morgan fingerprint density at radius 3 is 2.37 bits per heavy atom. The topological polar surface area (TPSA) is 111 Å². The van der Waals surface area contributed by atoms with E-state index in [1.165, 1.54) is 18.2 Å². The number of phenolic OH excluding ortho intramolecular Hbond substituents is 1. The average Bonchev–Trinajstić information content (AvgIpc) is 3.24. The molecule has 13 heteroatoms. The third-order valence-corrected chi connectivity index (χ3v) is 4.75. The van der Waals surface area contributed by atoms with Crippen LogP contribution in [0.1, 0.15) is 12.5 Å². The summed E-state index contributed by atoms with van der Waals surface area (Å²) in [5.41, 5.74) is -1.63. The SMILES string of the molecule is CCOc1cc([N+](=O)[O-])cc(C=Nc2ccc3oc(-c4c(F)c(F)c(F)c(F)c4F)nc3c2)c1O. The number of fused-ring (bicyclic) bond motifs is 1. The zero-order valence-electron chi connectivity index (χ0n) is 17.5. The van der Waals surface area contributed by atoms with Crippen molar-refractivity contribution in [2.75, 3.05) is 6.61 Å². The van der Waals surface area contributed by atoms with Gasteiger partial charge >= 0.3 is 0 Å². The Bertz CT molecular complexity index is 1490. The second kappa shape index (κ2) is 9.00. The molecule has 4 aromatic rings. The number of halogens is 5. The maximum absolute atomic E-state index is 14.1. The van der Waals surface area contributed by atoms with Crippen LogP contribution in [0.5, 0.6) is 11.5 Å². The molecule has 0 aliphatic carbocycles. The number of aliphatic imine (C=N–C) groups is 1. The molecule has 8 nitrogen and oxygen atoms in total. The fraction of sp³-hybridized carbons (Fsp3) is 0.0909. The van der Waals surface area contributed by atoms with Crippen LogP contribution in [-0.4, -0.2) is 27.8 Å². The van der Waals surface area contributed by atoms with Crippen LogP contribution in [-0.2, 0) is 0 Å². The van der Waals surface area contributed by atoms with Crippen LogP contribution in [0.3, 0.4) is 0 Å². The van der Waals surface area contributed by atoms with Crippen LogP contribution in [0.15, 0.2) is 39.7 Å². The third-order valence-electron chi connectivity index (χ3n) is 4.75. The summed E-state index contributed by atoms with van der Waals surface area (Å²) >= 11 is 0. The number of hydrogen-bond acceptors (Lipinski definition) is 7. The second-order valence-electron chi connectivity index (χ2n) is 6.95. The summed E-state index contributed by atoms with van der Waals surface area (Å²) in [5.74, 6) is -12.2. The van der Waals surface area contributed by atoms with Gasteiger partial charge in [0.2, 0.25) is 11.7 Å². The average molecular weight is 493 g/mol. The molecular weight excluding hydrogens is 481 g/mol. The van der Waals surface area contributed by atoms with Crippen molar-refractivity contribution in [1.82, 2.24) is 4.98 Å². The number of oxazole rings is 1. The first-order valence-electron chi connectivity index (χ1n) is 9.73. The molecule has 1 heterocycles. The van der Waals surface area contributed by atoms with E-state index in [-0.39, 0.29) is 40.4 Å². The molecule has 0 aliphatic rings. The van der Waals surface area contributed by atoms with Gasteiger partial charge < -0.3 is 14.3 Å². The van der Waals surface area contributed by atoms with Gasteiger partial charge in [-0.15, -0.1) is 0 Å². The van der Waals surface area contributed by atoms with Crippen molar-refractivity contribution in [3.8, 4) is 23.0 Å². The van der Waals surface area contributed by atoms with Gasteiger partial charge in [0, 0.05) is 17.8 Å². The number of nitro groups is 1. The number of phenols is 1. The van der Waals surface area contributed by atoms with Crippen LogP contribution < -0.4 is 4.74 Å². The highest BCUT2D eigenvalue weighted by Gasteiger charge is 2.29. The molecule has 0 atom stereocenters. The first kappa shape index (κ1) is 23.6. The number of non-ortho nitro benzene ring substituents is 1. The first-order chi connectivity index (χ1) is 16.6. The molecule has 0 saturated carbocycles. The van der Waals surface area contributed by atoms with Crippen molar-refractivity contribution >= 4 is 28.7 Å². The Balaban J connectivity index is 1.74. The number of aromatic nitrogens is 1. The Hall–Kier alpha value is -4.55. The van der Waals surface area contributed by atoms with Crippen LogP contribution >= 0.6 is 0 Å². The lowest BCUT2D eigenvalue weighted by Crippen LogP contribution is -2.04. The Morgan fingerprint density at radius 1 is 1.09 bits per heavy atom. The highest BCUT2D eigenvalue weighted by atomic mass is 19.2. The number of nitrogens with zero attached hydrogens (tertiary/aromatic N) is 3. The van der Waals surface area contributed by atoms with Crippen molar-refractivity contribution in [1.29, 1.82) is 0 Å². The van der Waals surface area contributed by atoms with Gasteiger partial charge in [-0.2, -0.15) is 0 Å². The van der Waals surface area contributed by atoms with Crippen molar-refractivity contribution in [2.24, 2.45) is 4.99 Å². The van der Waals surface area contributed by atoms with Crippen molar-refractivity contribution < 1.29 is 41.1 Å². The molecule has 0 fully saturated rings. The molecule has 4 rings (SSSR count). The smallest absolute Gasteiger partial charge is 0.274 e. The quantitative estimate of drug-likeness (QED) is 0.0887. The van der Waals surface area contributed by atoms with Crippen molar-refractivity contribution in [2.45, 2.75) is 6.92 Å². The Morgan fingerprint density at radius 2 is 1.74 bits per heavy atom. The van der Waals surface area contributed by atoms with Gasteiger partial charge in [0.05, 0.1) is 23.3 Å². The van der Waals surface area contributed by atoms with Gasteiger partial charge in [-0.1, -0.05) is 0 Å². The summed E-state index contributed by atoms with van der Waals surface area (Å²) in [6.07, 6.45) is 1.11. The van der Waals surface area contributed by atoms with E-state index in [4.69, 9.17) is 9.15 Å². The summed E-state index contributed by atoms with van der Waals surface area (Å²) in [5, 5.41) is 21.5. The maximum Gasteiger partial charge on any atom is 0.274 e. The van der Waals surface area contributed by atoms with Crippen molar-refractivity contribution in [3.63, 3.8) is 0 Å². The predicted molar refractivity (Wildman–Crippen MR) is 112 cm³/mol. The number of ether oxygens (including phenoxy) is 1. The number of benzene rings is 3. The van der Waals surface area contributed by atoms with E-state index in [0.29, 0.717) is 0 Å².